The molecular formula is C22H24FN3O5. The molecule has 2 aromatic rings. The molecule has 1 aliphatic rings. The summed E-state index contributed by atoms with van der Waals surface area (Å²) in [6.07, 6.45) is 0. The van der Waals surface area contributed by atoms with Crippen molar-refractivity contribution in [1.82, 2.24) is 10.2 Å². The number of nitrogens with zero attached hydrogens (tertiary/aromatic N) is 1. The zero-order valence-corrected chi connectivity index (χ0v) is 17.5. The molecule has 1 saturated heterocycles. The highest BCUT2D eigenvalue weighted by molar-refractivity contribution is 6.10. The van der Waals surface area contributed by atoms with E-state index in [0.29, 0.717) is 36.0 Å². The summed E-state index contributed by atoms with van der Waals surface area (Å²) >= 11 is 0. The molecule has 2 N–H and O–H groups in total. The highest BCUT2D eigenvalue weighted by atomic mass is 19.1. The minimum atomic E-state index is -1.38. The largest absolute Gasteiger partial charge is 0.490 e. The first kappa shape index (κ1) is 22.1. The number of ether oxygens (including phenoxy) is 2. The first-order valence-corrected chi connectivity index (χ1v) is 9.88. The summed E-state index contributed by atoms with van der Waals surface area (Å²) in [6.45, 7) is 5.60. The van der Waals surface area contributed by atoms with Crippen LogP contribution in [0.2, 0.25) is 0 Å². The first-order valence-electron chi connectivity index (χ1n) is 9.88. The fourth-order valence-corrected chi connectivity index (χ4v) is 3.29. The molecule has 9 heteroatoms. The Bertz CT molecular complexity index is 995. The van der Waals surface area contributed by atoms with Gasteiger partial charge in [-0.1, -0.05) is 12.1 Å². The monoisotopic (exact) mass is 429 g/mol. The molecule has 31 heavy (non-hydrogen) atoms. The number of halogens is 1. The van der Waals surface area contributed by atoms with Gasteiger partial charge in [-0.3, -0.25) is 14.5 Å². The highest BCUT2D eigenvalue weighted by Gasteiger charge is 2.49. The Balaban J connectivity index is 1.72. The summed E-state index contributed by atoms with van der Waals surface area (Å²) in [5.74, 6) is -0.589. The molecule has 8 nitrogen and oxygen atoms in total. The number of benzene rings is 2. The van der Waals surface area contributed by atoms with Gasteiger partial charge in [-0.15, -0.1) is 0 Å². The minimum absolute atomic E-state index is 0.419. The summed E-state index contributed by atoms with van der Waals surface area (Å²) in [5, 5.41) is 5.24. The molecule has 1 fully saturated rings. The Morgan fingerprint density at radius 1 is 1.06 bits per heavy atom. The van der Waals surface area contributed by atoms with E-state index in [4.69, 9.17) is 9.47 Å². The fourth-order valence-electron chi connectivity index (χ4n) is 3.29. The Morgan fingerprint density at radius 3 is 2.35 bits per heavy atom. The summed E-state index contributed by atoms with van der Waals surface area (Å²) in [6, 6.07) is 9.48. The number of hydrogen-bond acceptors (Lipinski definition) is 5. The van der Waals surface area contributed by atoms with E-state index in [0.717, 1.165) is 4.90 Å². The smallest absolute Gasteiger partial charge is 0.325 e. The van der Waals surface area contributed by atoms with Gasteiger partial charge in [-0.05, 0) is 50.6 Å². The number of amides is 4. The van der Waals surface area contributed by atoms with Gasteiger partial charge in [0.25, 0.3) is 5.91 Å². The summed E-state index contributed by atoms with van der Waals surface area (Å²) in [4.78, 5) is 38.6. The van der Waals surface area contributed by atoms with Crippen LogP contribution in [-0.4, -0.2) is 42.5 Å². The van der Waals surface area contributed by atoms with E-state index in [1.165, 1.54) is 31.2 Å². The van der Waals surface area contributed by atoms with E-state index in [2.05, 4.69) is 10.6 Å². The lowest BCUT2D eigenvalue weighted by Crippen LogP contribution is -2.42. The highest BCUT2D eigenvalue weighted by Crippen LogP contribution is 2.31. The zero-order valence-electron chi connectivity index (χ0n) is 17.5. The van der Waals surface area contributed by atoms with Crippen LogP contribution >= 0.6 is 0 Å². The Labute approximate surface area is 179 Å². The van der Waals surface area contributed by atoms with Gasteiger partial charge in [0.2, 0.25) is 5.91 Å². The van der Waals surface area contributed by atoms with Crippen molar-refractivity contribution in [2.45, 2.75) is 26.3 Å². The minimum Gasteiger partial charge on any atom is -0.490 e. The van der Waals surface area contributed by atoms with Gasteiger partial charge >= 0.3 is 6.03 Å². The number of imide groups is 1. The van der Waals surface area contributed by atoms with E-state index in [1.807, 2.05) is 13.8 Å². The normalized spacial score (nSPS) is 18.0. The molecule has 0 spiro atoms. The van der Waals surface area contributed by atoms with Gasteiger partial charge in [-0.25, -0.2) is 9.18 Å². The molecular weight excluding hydrogens is 405 g/mol. The van der Waals surface area contributed by atoms with Gasteiger partial charge in [0, 0.05) is 11.8 Å². The number of urea groups is 1. The molecule has 0 radical (unpaired) electrons. The molecule has 3 rings (SSSR count). The van der Waals surface area contributed by atoms with Crippen molar-refractivity contribution >= 4 is 23.5 Å². The van der Waals surface area contributed by atoms with E-state index in [-0.39, 0.29) is 0 Å². The molecule has 0 aliphatic carbocycles. The molecule has 0 bridgehead atoms. The molecule has 164 valence electrons. The first-order chi connectivity index (χ1) is 14.8. The molecule has 1 unspecified atom stereocenters. The Hall–Kier alpha value is -3.62. The number of hydrogen-bond donors (Lipinski definition) is 2. The lowest BCUT2D eigenvalue weighted by molar-refractivity contribution is -0.133. The average molecular weight is 429 g/mol. The topological polar surface area (TPSA) is 97.0 Å². The van der Waals surface area contributed by atoms with Crippen molar-refractivity contribution in [3.63, 3.8) is 0 Å². The number of nitrogens with one attached hydrogen (secondary N) is 2. The second-order valence-electron chi connectivity index (χ2n) is 7.03. The predicted molar refractivity (Wildman–Crippen MR) is 111 cm³/mol. The molecule has 0 saturated carbocycles. The van der Waals surface area contributed by atoms with Crippen LogP contribution in [0, 0.1) is 5.82 Å². The van der Waals surface area contributed by atoms with Crippen molar-refractivity contribution in [1.29, 1.82) is 0 Å². The maximum Gasteiger partial charge on any atom is 0.325 e. The molecule has 2 aromatic carbocycles. The van der Waals surface area contributed by atoms with Crippen LogP contribution in [0.1, 0.15) is 26.3 Å². The van der Waals surface area contributed by atoms with E-state index in [1.54, 1.807) is 18.2 Å². The summed E-state index contributed by atoms with van der Waals surface area (Å²) < 4.78 is 24.2. The van der Waals surface area contributed by atoms with Gasteiger partial charge in [0.15, 0.2) is 11.5 Å². The second kappa shape index (κ2) is 9.03. The van der Waals surface area contributed by atoms with Crippen LogP contribution in [0.25, 0.3) is 0 Å². The Morgan fingerprint density at radius 2 is 1.71 bits per heavy atom. The van der Waals surface area contributed by atoms with E-state index in [9.17, 15) is 18.8 Å². The number of rotatable bonds is 8. The van der Waals surface area contributed by atoms with Crippen LogP contribution in [0.4, 0.5) is 14.9 Å². The van der Waals surface area contributed by atoms with Crippen molar-refractivity contribution < 1.29 is 28.2 Å². The van der Waals surface area contributed by atoms with Crippen LogP contribution in [0.5, 0.6) is 11.5 Å². The van der Waals surface area contributed by atoms with Gasteiger partial charge in [0.05, 0.1) is 13.2 Å². The van der Waals surface area contributed by atoms with E-state index < -0.39 is 35.7 Å². The SMILES string of the molecule is CCOc1ccc(NC(=O)CN2C(=O)NC(C)(c3ccc(F)cc3)C2=O)cc1OCC. The zero-order chi connectivity index (χ0) is 22.6. The summed E-state index contributed by atoms with van der Waals surface area (Å²) in [7, 11) is 0. The third-order valence-corrected chi connectivity index (χ3v) is 4.83. The molecule has 1 heterocycles. The van der Waals surface area contributed by atoms with Crippen LogP contribution in [-0.2, 0) is 15.1 Å². The maximum atomic E-state index is 13.2. The lowest BCUT2D eigenvalue weighted by Gasteiger charge is -2.22. The van der Waals surface area contributed by atoms with E-state index >= 15 is 0 Å². The van der Waals surface area contributed by atoms with Crippen LogP contribution < -0.4 is 20.1 Å². The number of anilines is 1. The lowest BCUT2D eigenvalue weighted by atomic mass is 9.92. The van der Waals surface area contributed by atoms with Crippen LogP contribution in [0.15, 0.2) is 42.5 Å². The standard InChI is InChI=1S/C22H24FN3O5/c1-4-30-17-11-10-16(12-18(17)31-5-2)24-19(27)13-26-20(28)22(3,25-21(26)29)14-6-8-15(23)9-7-14/h6-12H,4-5,13H2,1-3H3,(H,24,27)(H,25,29). The third-order valence-electron chi connectivity index (χ3n) is 4.83. The number of carbonyl (C=O) groups is 3. The fraction of sp³-hybridized carbons (Fsp3) is 0.318. The van der Waals surface area contributed by atoms with Crippen molar-refractivity contribution in [2.24, 2.45) is 0 Å². The van der Waals surface area contributed by atoms with Crippen molar-refractivity contribution in [2.75, 3.05) is 25.1 Å². The third kappa shape index (κ3) is 4.60. The van der Waals surface area contributed by atoms with Crippen molar-refractivity contribution in [3.8, 4) is 11.5 Å². The predicted octanol–water partition coefficient (Wildman–Crippen LogP) is 3.03. The quantitative estimate of drug-likeness (QED) is 0.629. The van der Waals surface area contributed by atoms with Crippen LogP contribution in [0.3, 0.4) is 0 Å². The molecule has 4 amide bonds. The molecule has 1 aliphatic heterocycles. The Kier molecular flexibility index (Phi) is 6.43. The second-order valence-corrected chi connectivity index (χ2v) is 7.03. The summed E-state index contributed by atoms with van der Waals surface area (Å²) in [5.41, 5.74) is -0.528. The van der Waals surface area contributed by atoms with Gasteiger partial charge in [0.1, 0.15) is 17.9 Å². The molecule has 1 atom stereocenters. The van der Waals surface area contributed by atoms with Crippen molar-refractivity contribution in [3.05, 3.63) is 53.8 Å². The molecule has 0 aromatic heterocycles. The maximum absolute atomic E-state index is 13.2. The van der Waals surface area contributed by atoms with Gasteiger partial charge in [-0.2, -0.15) is 0 Å². The number of carbonyl (C=O) groups excluding carboxylic acids is 3. The van der Waals surface area contributed by atoms with Gasteiger partial charge < -0.3 is 20.1 Å². The average Bonchev–Trinajstić information content (AvgIpc) is 2.94.